The maximum atomic E-state index is 13.0. The molecule has 1 atom stereocenters. The second-order valence-electron chi connectivity index (χ2n) is 7.41. The molecule has 2 saturated heterocycles. The zero-order valence-electron chi connectivity index (χ0n) is 16.0. The molecule has 1 N–H and O–H groups in total. The molecule has 0 bridgehead atoms. The Hall–Kier alpha value is -1.49. The number of carbonyl (C=O) groups excluding carboxylic acids is 1. The summed E-state index contributed by atoms with van der Waals surface area (Å²) in [5, 5.41) is 2.73. The topological polar surface area (TPSA) is 104 Å². The van der Waals surface area contributed by atoms with Gasteiger partial charge in [0.25, 0.3) is 0 Å². The molecule has 1 amide bonds. The van der Waals surface area contributed by atoms with Crippen molar-refractivity contribution in [1.82, 2.24) is 8.61 Å². The molecule has 0 radical (unpaired) electrons. The Morgan fingerprint density at radius 1 is 0.964 bits per heavy atom. The molecular formula is C18H27N3O5S2. The van der Waals surface area contributed by atoms with E-state index in [1.54, 1.807) is 18.2 Å². The van der Waals surface area contributed by atoms with Crippen LogP contribution in [0.5, 0.6) is 0 Å². The zero-order chi connectivity index (χ0) is 20.4. The highest BCUT2D eigenvalue weighted by Gasteiger charge is 2.32. The van der Waals surface area contributed by atoms with Crippen molar-refractivity contribution >= 4 is 31.6 Å². The lowest BCUT2D eigenvalue weighted by Crippen LogP contribution is -2.43. The Morgan fingerprint density at radius 3 is 2.29 bits per heavy atom. The van der Waals surface area contributed by atoms with Gasteiger partial charge in [0.05, 0.1) is 17.9 Å². The van der Waals surface area contributed by atoms with Crippen molar-refractivity contribution < 1.29 is 21.6 Å². The van der Waals surface area contributed by atoms with Crippen LogP contribution in [0, 0.1) is 5.92 Å². The number of anilines is 1. The summed E-state index contributed by atoms with van der Waals surface area (Å²) in [5.74, 6) is -0.858. The Morgan fingerprint density at radius 2 is 1.61 bits per heavy atom. The number of para-hydroxylation sites is 1. The molecule has 1 unspecified atom stereocenters. The summed E-state index contributed by atoms with van der Waals surface area (Å²) in [4.78, 5) is 12.8. The minimum atomic E-state index is -3.69. The maximum Gasteiger partial charge on any atom is 0.245 e. The Bertz CT molecular complexity index is 924. The quantitative estimate of drug-likeness (QED) is 0.763. The van der Waals surface area contributed by atoms with Gasteiger partial charge in [-0.15, -0.1) is 0 Å². The van der Waals surface area contributed by atoms with Crippen molar-refractivity contribution in [3.63, 3.8) is 0 Å². The summed E-state index contributed by atoms with van der Waals surface area (Å²) in [6, 6.07) is 6.39. The van der Waals surface area contributed by atoms with Gasteiger partial charge in [0.15, 0.2) is 0 Å². The summed E-state index contributed by atoms with van der Waals surface area (Å²) < 4.78 is 52.4. The van der Waals surface area contributed by atoms with Crippen LogP contribution in [0.25, 0.3) is 0 Å². The summed E-state index contributed by atoms with van der Waals surface area (Å²) in [7, 11) is -7.05. The van der Waals surface area contributed by atoms with E-state index in [2.05, 4.69) is 5.32 Å². The molecule has 2 fully saturated rings. The number of hydrogen-bond acceptors (Lipinski definition) is 5. The first-order chi connectivity index (χ1) is 13.2. The molecule has 156 valence electrons. The molecule has 2 heterocycles. The van der Waals surface area contributed by atoms with E-state index in [1.807, 2.05) is 0 Å². The molecule has 28 heavy (non-hydrogen) atoms. The van der Waals surface area contributed by atoms with Gasteiger partial charge in [-0.1, -0.05) is 18.6 Å². The van der Waals surface area contributed by atoms with E-state index >= 15 is 0 Å². The van der Waals surface area contributed by atoms with E-state index in [0.717, 1.165) is 25.5 Å². The molecule has 0 aliphatic carbocycles. The van der Waals surface area contributed by atoms with Gasteiger partial charge in [-0.3, -0.25) is 4.79 Å². The molecule has 2 aliphatic heterocycles. The van der Waals surface area contributed by atoms with E-state index in [1.165, 1.54) is 14.7 Å². The van der Waals surface area contributed by atoms with Crippen molar-refractivity contribution in [3.05, 3.63) is 24.3 Å². The fourth-order valence-corrected chi connectivity index (χ4v) is 6.31. The number of benzene rings is 1. The third-order valence-electron chi connectivity index (χ3n) is 5.30. The summed E-state index contributed by atoms with van der Waals surface area (Å²) in [6.45, 7) is 1.49. The van der Waals surface area contributed by atoms with Crippen LogP contribution < -0.4 is 5.32 Å². The van der Waals surface area contributed by atoms with Gasteiger partial charge >= 0.3 is 0 Å². The molecule has 1 aromatic carbocycles. The van der Waals surface area contributed by atoms with Gasteiger partial charge in [0.2, 0.25) is 26.0 Å². The van der Waals surface area contributed by atoms with Crippen LogP contribution in [0.2, 0.25) is 0 Å². The Kier molecular flexibility index (Phi) is 6.43. The number of rotatable bonds is 5. The van der Waals surface area contributed by atoms with Crippen LogP contribution in [0.15, 0.2) is 29.2 Å². The van der Waals surface area contributed by atoms with Gasteiger partial charge in [-0.2, -0.15) is 4.31 Å². The lowest BCUT2D eigenvalue weighted by molar-refractivity contribution is -0.120. The van der Waals surface area contributed by atoms with Crippen molar-refractivity contribution in [2.24, 2.45) is 5.92 Å². The monoisotopic (exact) mass is 429 g/mol. The van der Waals surface area contributed by atoms with E-state index in [-0.39, 0.29) is 23.0 Å². The van der Waals surface area contributed by atoms with Crippen LogP contribution in [0.1, 0.15) is 32.1 Å². The standard InChI is InChI=1S/C18H27N3O5S2/c1-27(23,24)21-13-7-8-15(14-21)18(22)19-16-9-3-4-10-17(16)28(25,26)20-11-5-2-6-12-20/h3-4,9-10,15H,2,5-8,11-14H2,1H3,(H,19,22). The second-order valence-corrected chi connectivity index (χ2v) is 11.3. The van der Waals surface area contributed by atoms with E-state index in [0.29, 0.717) is 32.5 Å². The van der Waals surface area contributed by atoms with Crippen molar-refractivity contribution in [1.29, 1.82) is 0 Å². The highest BCUT2D eigenvalue weighted by molar-refractivity contribution is 7.89. The van der Waals surface area contributed by atoms with Crippen LogP contribution in [0.4, 0.5) is 5.69 Å². The fraction of sp³-hybridized carbons (Fsp3) is 0.611. The number of hydrogen-bond donors (Lipinski definition) is 1. The molecule has 0 spiro atoms. The minimum absolute atomic E-state index is 0.0843. The zero-order valence-corrected chi connectivity index (χ0v) is 17.6. The lowest BCUT2D eigenvalue weighted by Gasteiger charge is -2.30. The van der Waals surface area contributed by atoms with Crippen molar-refractivity contribution in [2.45, 2.75) is 37.0 Å². The second kappa shape index (κ2) is 8.48. The van der Waals surface area contributed by atoms with Gasteiger partial charge in [0.1, 0.15) is 4.90 Å². The third kappa shape index (κ3) is 4.73. The Balaban J connectivity index is 1.79. The number of nitrogens with one attached hydrogen (secondary N) is 1. The van der Waals surface area contributed by atoms with Crippen molar-refractivity contribution in [2.75, 3.05) is 37.8 Å². The molecule has 8 nitrogen and oxygen atoms in total. The lowest BCUT2D eigenvalue weighted by atomic mass is 9.99. The highest BCUT2D eigenvalue weighted by Crippen LogP contribution is 2.28. The van der Waals surface area contributed by atoms with Gasteiger partial charge in [-0.05, 0) is 37.8 Å². The number of amides is 1. The van der Waals surface area contributed by atoms with E-state index in [4.69, 9.17) is 0 Å². The predicted molar refractivity (Wildman–Crippen MR) is 107 cm³/mol. The molecule has 0 saturated carbocycles. The molecule has 2 aliphatic rings. The minimum Gasteiger partial charge on any atom is -0.325 e. The van der Waals surface area contributed by atoms with E-state index < -0.39 is 26.0 Å². The highest BCUT2D eigenvalue weighted by atomic mass is 32.2. The van der Waals surface area contributed by atoms with Gasteiger partial charge < -0.3 is 5.32 Å². The average molecular weight is 430 g/mol. The predicted octanol–water partition coefficient (Wildman–Crippen LogP) is 1.47. The largest absolute Gasteiger partial charge is 0.325 e. The molecule has 10 heteroatoms. The summed E-state index contributed by atoms with van der Waals surface area (Å²) in [6.07, 6.45) is 4.97. The SMILES string of the molecule is CS(=O)(=O)N1CCCC(C(=O)Nc2ccccc2S(=O)(=O)N2CCCCC2)C1. The van der Waals surface area contributed by atoms with Gasteiger partial charge in [-0.25, -0.2) is 21.1 Å². The average Bonchev–Trinajstić information content (AvgIpc) is 2.68. The smallest absolute Gasteiger partial charge is 0.245 e. The third-order valence-corrected chi connectivity index (χ3v) is 8.53. The van der Waals surface area contributed by atoms with Crippen LogP contribution in [-0.4, -0.2) is 63.8 Å². The van der Waals surface area contributed by atoms with Gasteiger partial charge in [0, 0.05) is 26.2 Å². The number of sulfonamides is 2. The van der Waals surface area contributed by atoms with Crippen molar-refractivity contribution in [3.8, 4) is 0 Å². The normalized spacial score (nSPS) is 22.7. The fourth-order valence-electron chi connectivity index (χ4n) is 3.73. The first-order valence-corrected chi connectivity index (χ1v) is 12.8. The first-order valence-electron chi connectivity index (χ1n) is 9.55. The number of carbonyl (C=O) groups is 1. The number of piperidine rings is 2. The van der Waals surface area contributed by atoms with Crippen LogP contribution >= 0.6 is 0 Å². The molecular weight excluding hydrogens is 402 g/mol. The summed E-state index contributed by atoms with van der Waals surface area (Å²) >= 11 is 0. The molecule has 3 rings (SSSR count). The first kappa shape index (κ1) is 21.2. The van der Waals surface area contributed by atoms with Crippen LogP contribution in [-0.2, 0) is 24.8 Å². The maximum absolute atomic E-state index is 13.0. The molecule has 1 aromatic rings. The summed E-state index contributed by atoms with van der Waals surface area (Å²) in [5.41, 5.74) is 0.245. The Labute approximate surface area is 167 Å². The molecule has 0 aromatic heterocycles. The van der Waals surface area contributed by atoms with E-state index in [9.17, 15) is 21.6 Å². The van der Waals surface area contributed by atoms with Crippen LogP contribution in [0.3, 0.4) is 0 Å². The number of nitrogens with zero attached hydrogens (tertiary/aromatic N) is 2.